The van der Waals surface area contributed by atoms with Gasteiger partial charge in [-0.3, -0.25) is 25.4 Å². The third-order valence-corrected chi connectivity index (χ3v) is 5.08. The Bertz CT molecular complexity index is 1000. The molecule has 4 rings (SSSR count). The lowest BCUT2D eigenvalue weighted by molar-refractivity contribution is -0.0379. The number of fused-ring (bicyclic) bond motifs is 3. The molecule has 9 heteroatoms. The van der Waals surface area contributed by atoms with E-state index < -0.39 is 5.91 Å². The zero-order valence-corrected chi connectivity index (χ0v) is 14.5. The molecule has 3 aromatic rings. The van der Waals surface area contributed by atoms with E-state index in [2.05, 4.69) is 20.8 Å². The summed E-state index contributed by atoms with van der Waals surface area (Å²) >= 11 is 1.43. The molecule has 3 N–H and O–H groups in total. The lowest BCUT2D eigenvalue weighted by atomic mass is 9.94. The Hall–Kier alpha value is -2.65. The van der Waals surface area contributed by atoms with E-state index in [0.717, 1.165) is 10.4 Å². The predicted octanol–water partition coefficient (Wildman–Crippen LogP) is 2.19. The average molecular weight is 360 g/mol. The number of aromatic amines is 1. The molecule has 1 amide bonds. The van der Waals surface area contributed by atoms with Crippen LogP contribution in [0.1, 0.15) is 34.8 Å². The van der Waals surface area contributed by atoms with Gasteiger partial charge in [0, 0.05) is 11.3 Å². The van der Waals surface area contributed by atoms with E-state index in [4.69, 9.17) is 9.15 Å². The molecule has 0 saturated carbocycles. The maximum absolute atomic E-state index is 12.5. The second-order valence-electron chi connectivity index (χ2n) is 6.38. The number of nitrogens with zero attached hydrogens (tertiary/aromatic N) is 1. The van der Waals surface area contributed by atoms with Crippen LogP contribution in [0.5, 0.6) is 0 Å². The maximum atomic E-state index is 12.5. The summed E-state index contributed by atoms with van der Waals surface area (Å²) in [5.41, 5.74) is 5.50. The van der Waals surface area contributed by atoms with Crippen molar-refractivity contribution in [3.05, 3.63) is 45.0 Å². The Balaban J connectivity index is 1.62. The maximum Gasteiger partial charge on any atom is 0.305 e. The molecule has 0 radical (unpaired) electrons. The fraction of sp³-hybridized carbons (Fsp3) is 0.312. The van der Waals surface area contributed by atoms with E-state index in [1.54, 1.807) is 6.07 Å². The third kappa shape index (κ3) is 2.92. The summed E-state index contributed by atoms with van der Waals surface area (Å²) in [7, 11) is 0. The zero-order valence-electron chi connectivity index (χ0n) is 13.6. The minimum Gasteiger partial charge on any atom is -0.459 e. The van der Waals surface area contributed by atoms with E-state index in [-0.39, 0.29) is 22.9 Å². The Kier molecular flexibility index (Phi) is 3.62. The number of nitrogens with one attached hydrogen (secondary N) is 3. The van der Waals surface area contributed by atoms with Gasteiger partial charge in [-0.05, 0) is 31.5 Å². The smallest absolute Gasteiger partial charge is 0.305 e. The minimum absolute atomic E-state index is 0.155. The van der Waals surface area contributed by atoms with Crippen molar-refractivity contribution in [3.8, 4) is 0 Å². The van der Waals surface area contributed by atoms with Crippen molar-refractivity contribution in [1.82, 2.24) is 15.4 Å². The number of hydrogen-bond acceptors (Lipinski definition) is 7. The standard InChI is InChI=1S/C16H16N4O4S/c1-16(2)6-8-10(7-24-16)25-14-11(8)13(22)17-15(18-14)20-19-12(21)9-4-3-5-23-9/h3-5H,6-7H2,1-2H3,(H,19,21)(H2,17,18,20,22). The lowest BCUT2D eigenvalue weighted by Gasteiger charge is -2.29. The number of carbonyl (C=O) groups excluding carboxylic acids is 1. The summed E-state index contributed by atoms with van der Waals surface area (Å²) in [6.07, 6.45) is 2.07. The monoisotopic (exact) mass is 360 g/mol. The van der Waals surface area contributed by atoms with Crippen LogP contribution >= 0.6 is 11.3 Å². The number of ether oxygens (including phenoxy) is 1. The highest BCUT2D eigenvalue weighted by molar-refractivity contribution is 7.18. The molecule has 0 aromatic carbocycles. The molecule has 25 heavy (non-hydrogen) atoms. The van der Waals surface area contributed by atoms with Crippen molar-refractivity contribution in [3.63, 3.8) is 0 Å². The van der Waals surface area contributed by atoms with Crippen LogP contribution in [0.25, 0.3) is 10.2 Å². The number of anilines is 1. The number of carbonyl (C=O) groups is 1. The molecular weight excluding hydrogens is 344 g/mol. The first-order valence-electron chi connectivity index (χ1n) is 7.71. The van der Waals surface area contributed by atoms with E-state index in [0.29, 0.717) is 23.2 Å². The normalized spacial score (nSPS) is 15.8. The van der Waals surface area contributed by atoms with Gasteiger partial charge in [0.2, 0.25) is 5.95 Å². The van der Waals surface area contributed by atoms with Crippen molar-refractivity contribution in [1.29, 1.82) is 0 Å². The van der Waals surface area contributed by atoms with Gasteiger partial charge in [0.1, 0.15) is 4.83 Å². The van der Waals surface area contributed by atoms with E-state index >= 15 is 0 Å². The molecule has 0 saturated heterocycles. The molecule has 0 aliphatic carbocycles. The molecule has 0 bridgehead atoms. The molecule has 130 valence electrons. The number of amides is 1. The van der Waals surface area contributed by atoms with Crippen LogP contribution in [-0.4, -0.2) is 21.5 Å². The molecule has 0 spiro atoms. The summed E-state index contributed by atoms with van der Waals surface area (Å²) < 4.78 is 10.8. The molecule has 8 nitrogen and oxygen atoms in total. The van der Waals surface area contributed by atoms with Crippen molar-refractivity contribution in [2.45, 2.75) is 32.5 Å². The first-order chi connectivity index (χ1) is 11.9. The van der Waals surface area contributed by atoms with E-state index in [9.17, 15) is 9.59 Å². The van der Waals surface area contributed by atoms with Crippen molar-refractivity contribution in [2.75, 3.05) is 5.43 Å². The Morgan fingerprint density at radius 3 is 3.04 bits per heavy atom. The van der Waals surface area contributed by atoms with Gasteiger partial charge in [-0.25, -0.2) is 4.98 Å². The van der Waals surface area contributed by atoms with Gasteiger partial charge in [0.15, 0.2) is 5.76 Å². The number of H-pyrrole nitrogens is 1. The van der Waals surface area contributed by atoms with E-state index in [1.165, 1.54) is 23.7 Å². The first kappa shape index (κ1) is 15.9. The third-order valence-electron chi connectivity index (χ3n) is 3.98. The highest BCUT2D eigenvalue weighted by Crippen LogP contribution is 2.36. The van der Waals surface area contributed by atoms with Crippen LogP contribution in [0.15, 0.2) is 27.6 Å². The molecule has 0 atom stereocenters. The average Bonchev–Trinajstić information content (AvgIpc) is 3.19. The number of rotatable bonds is 3. The van der Waals surface area contributed by atoms with Crippen molar-refractivity contribution >= 4 is 33.4 Å². The van der Waals surface area contributed by atoms with Crippen LogP contribution in [0.4, 0.5) is 5.95 Å². The highest BCUT2D eigenvalue weighted by atomic mass is 32.1. The molecule has 0 fully saturated rings. The zero-order chi connectivity index (χ0) is 17.6. The first-order valence-corrected chi connectivity index (χ1v) is 8.53. The Morgan fingerprint density at radius 2 is 2.28 bits per heavy atom. The molecule has 3 aromatic heterocycles. The fourth-order valence-corrected chi connectivity index (χ4v) is 3.90. The SMILES string of the molecule is CC1(C)Cc2c(sc3nc(NNC(=O)c4ccco4)[nH]c(=O)c23)CO1. The van der Waals surface area contributed by atoms with Gasteiger partial charge in [0.25, 0.3) is 5.56 Å². The van der Waals surface area contributed by atoms with E-state index in [1.807, 2.05) is 13.8 Å². The van der Waals surface area contributed by atoms with Crippen molar-refractivity contribution < 1.29 is 13.9 Å². The minimum atomic E-state index is -0.464. The van der Waals surface area contributed by atoms with Crippen LogP contribution in [0, 0.1) is 0 Å². The van der Waals surface area contributed by atoms with Gasteiger partial charge in [-0.1, -0.05) is 0 Å². The van der Waals surface area contributed by atoms with Crippen LogP contribution in [0.2, 0.25) is 0 Å². The summed E-state index contributed by atoms with van der Waals surface area (Å²) in [6, 6.07) is 3.15. The number of aromatic nitrogens is 2. The Morgan fingerprint density at radius 1 is 1.44 bits per heavy atom. The summed E-state index contributed by atoms with van der Waals surface area (Å²) in [6.45, 7) is 4.48. The molecule has 1 aliphatic heterocycles. The van der Waals surface area contributed by atoms with Gasteiger partial charge in [0.05, 0.1) is 23.9 Å². The molecule has 1 aliphatic rings. The van der Waals surface area contributed by atoms with Gasteiger partial charge in [-0.15, -0.1) is 11.3 Å². The second-order valence-corrected chi connectivity index (χ2v) is 7.46. The van der Waals surface area contributed by atoms with Gasteiger partial charge < -0.3 is 9.15 Å². The summed E-state index contributed by atoms with van der Waals surface area (Å²) in [4.78, 5) is 33.1. The highest BCUT2D eigenvalue weighted by Gasteiger charge is 2.30. The topological polar surface area (TPSA) is 109 Å². The van der Waals surface area contributed by atoms with Crippen LogP contribution in [-0.2, 0) is 17.8 Å². The summed E-state index contributed by atoms with van der Waals surface area (Å²) in [5.74, 6) is -0.147. The van der Waals surface area contributed by atoms with Crippen LogP contribution < -0.4 is 16.4 Å². The Labute approximate surface area is 146 Å². The number of thiophene rings is 1. The van der Waals surface area contributed by atoms with Crippen LogP contribution in [0.3, 0.4) is 0 Å². The largest absolute Gasteiger partial charge is 0.459 e. The number of hydrazine groups is 1. The summed E-state index contributed by atoms with van der Waals surface area (Å²) in [5, 5.41) is 0.597. The predicted molar refractivity (Wildman–Crippen MR) is 92.6 cm³/mol. The van der Waals surface area contributed by atoms with Crippen molar-refractivity contribution in [2.24, 2.45) is 0 Å². The molecule has 4 heterocycles. The molecule has 0 unspecified atom stereocenters. The van der Waals surface area contributed by atoms with Gasteiger partial charge in [-0.2, -0.15) is 0 Å². The second kappa shape index (κ2) is 5.71. The van der Waals surface area contributed by atoms with Gasteiger partial charge >= 0.3 is 5.91 Å². The number of furan rings is 1. The lowest BCUT2D eigenvalue weighted by Crippen LogP contribution is -2.32. The quantitative estimate of drug-likeness (QED) is 0.618. The fourth-order valence-electron chi connectivity index (χ4n) is 2.80. The number of hydrogen-bond donors (Lipinski definition) is 3. The molecular formula is C16H16N4O4S.